The van der Waals surface area contributed by atoms with E-state index in [2.05, 4.69) is 13.5 Å². The van der Waals surface area contributed by atoms with Gasteiger partial charge in [-0.2, -0.15) is 0 Å². The van der Waals surface area contributed by atoms with Crippen LogP contribution >= 0.6 is 0 Å². The molecule has 0 bridgehead atoms. The van der Waals surface area contributed by atoms with Gasteiger partial charge in [0.25, 0.3) is 0 Å². The van der Waals surface area contributed by atoms with Crippen molar-refractivity contribution in [1.29, 1.82) is 0 Å². The predicted octanol–water partition coefficient (Wildman–Crippen LogP) is 7.37. The molecule has 0 saturated heterocycles. The third-order valence-corrected chi connectivity index (χ3v) is 4.60. The lowest BCUT2D eigenvalue weighted by Crippen LogP contribution is -2.28. The number of carbonyl (C=O) groups is 1. The topological polar surface area (TPSA) is 26.3 Å². The average molecular weight is 339 g/mol. The van der Waals surface area contributed by atoms with E-state index in [1.807, 2.05) is 13.8 Å². The number of carbonyl (C=O) groups excluding carboxylic acids is 1. The van der Waals surface area contributed by atoms with Crippen molar-refractivity contribution in [3.8, 4) is 0 Å². The van der Waals surface area contributed by atoms with Crippen molar-refractivity contribution in [2.75, 3.05) is 0 Å². The third-order valence-electron chi connectivity index (χ3n) is 4.60. The number of hydrogen-bond acceptors (Lipinski definition) is 2. The van der Waals surface area contributed by atoms with Crippen LogP contribution in [0.15, 0.2) is 12.2 Å². The minimum Gasteiger partial charge on any atom is -0.456 e. The molecule has 0 aromatic heterocycles. The monoisotopic (exact) mass is 338 g/mol. The van der Waals surface area contributed by atoms with Crippen molar-refractivity contribution in [2.24, 2.45) is 0 Å². The maximum Gasteiger partial charge on any atom is 0.333 e. The molecule has 0 aliphatic rings. The maximum atomic E-state index is 11.6. The summed E-state index contributed by atoms with van der Waals surface area (Å²) < 4.78 is 5.47. The highest BCUT2D eigenvalue weighted by Crippen LogP contribution is 2.21. The standard InChI is InChI=1S/C22H42O2/c1-6-7-8-9-10-11-12-13-14-15-16-17-18-19-22(4,5)24-21(23)20(2)3/h2,6-19H2,1,3-5H3. The summed E-state index contributed by atoms with van der Waals surface area (Å²) in [5, 5.41) is 0. The molecule has 0 spiro atoms. The van der Waals surface area contributed by atoms with Crippen LogP contribution in [0.1, 0.15) is 118 Å². The maximum absolute atomic E-state index is 11.6. The molecule has 2 nitrogen and oxygen atoms in total. The molecule has 0 heterocycles. The SMILES string of the molecule is C=C(C)C(=O)OC(C)(C)CCCCCCCCCCCCCCC. The summed E-state index contributed by atoms with van der Waals surface area (Å²) in [5.41, 5.74) is 0.113. The zero-order chi connectivity index (χ0) is 18.3. The Kier molecular flexibility index (Phi) is 14.1. The molecular formula is C22H42O2. The third kappa shape index (κ3) is 14.8. The van der Waals surface area contributed by atoms with Gasteiger partial charge in [0, 0.05) is 5.57 Å². The van der Waals surface area contributed by atoms with Crippen LogP contribution in [-0.2, 0) is 9.53 Å². The molecule has 2 heteroatoms. The van der Waals surface area contributed by atoms with Gasteiger partial charge in [-0.05, 0) is 33.6 Å². The van der Waals surface area contributed by atoms with Crippen LogP contribution < -0.4 is 0 Å². The van der Waals surface area contributed by atoms with E-state index in [4.69, 9.17) is 4.74 Å². The normalized spacial score (nSPS) is 11.5. The molecule has 0 saturated carbocycles. The Morgan fingerprint density at radius 3 is 1.54 bits per heavy atom. The van der Waals surface area contributed by atoms with E-state index in [-0.39, 0.29) is 11.6 Å². The molecule has 0 aliphatic heterocycles. The first-order valence-electron chi connectivity index (χ1n) is 10.3. The van der Waals surface area contributed by atoms with Crippen molar-refractivity contribution in [3.05, 3.63) is 12.2 Å². The van der Waals surface area contributed by atoms with Crippen LogP contribution in [0.4, 0.5) is 0 Å². The number of unbranched alkanes of at least 4 members (excludes halogenated alkanes) is 12. The first kappa shape index (κ1) is 23.2. The highest BCUT2D eigenvalue weighted by atomic mass is 16.6. The highest BCUT2D eigenvalue weighted by molar-refractivity contribution is 5.87. The smallest absolute Gasteiger partial charge is 0.333 e. The number of rotatable bonds is 16. The zero-order valence-corrected chi connectivity index (χ0v) is 16.9. The zero-order valence-electron chi connectivity index (χ0n) is 16.9. The quantitative estimate of drug-likeness (QED) is 0.167. The molecule has 142 valence electrons. The van der Waals surface area contributed by atoms with Crippen molar-refractivity contribution in [2.45, 2.75) is 123 Å². The highest BCUT2D eigenvalue weighted by Gasteiger charge is 2.22. The van der Waals surface area contributed by atoms with E-state index in [1.54, 1.807) is 6.92 Å². The van der Waals surface area contributed by atoms with Crippen LogP contribution in [0.2, 0.25) is 0 Å². The van der Waals surface area contributed by atoms with Crippen LogP contribution in [-0.4, -0.2) is 11.6 Å². The van der Waals surface area contributed by atoms with E-state index in [1.165, 1.54) is 77.0 Å². The van der Waals surface area contributed by atoms with Gasteiger partial charge in [0.2, 0.25) is 0 Å². The molecule has 0 aromatic carbocycles. The van der Waals surface area contributed by atoms with E-state index in [9.17, 15) is 4.79 Å². The van der Waals surface area contributed by atoms with Crippen molar-refractivity contribution >= 4 is 5.97 Å². The van der Waals surface area contributed by atoms with Crippen LogP contribution in [0.25, 0.3) is 0 Å². The first-order chi connectivity index (χ1) is 11.4. The molecule has 0 atom stereocenters. The fraction of sp³-hybridized carbons (Fsp3) is 0.864. The Balaban J connectivity index is 3.38. The number of ether oxygens (including phenoxy) is 1. The Labute approximate surface area is 151 Å². The summed E-state index contributed by atoms with van der Waals surface area (Å²) in [6, 6.07) is 0. The fourth-order valence-corrected chi connectivity index (χ4v) is 2.96. The molecule has 0 amide bonds. The molecule has 0 aromatic rings. The Bertz CT molecular complexity index is 331. The van der Waals surface area contributed by atoms with E-state index in [0.29, 0.717) is 5.57 Å². The van der Waals surface area contributed by atoms with Gasteiger partial charge >= 0.3 is 5.97 Å². The molecule has 0 N–H and O–H groups in total. The Morgan fingerprint density at radius 1 is 0.792 bits per heavy atom. The van der Waals surface area contributed by atoms with Crippen molar-refractivity contribution in [1.82, 2.24) is 0 Å². The van der Waals surface area contributed by atoms with Gasteiger partial charge in [0.1, 0.15) is 5.60 Å². The van der Waals surface area contributed by atoms with Crippen LogP contribution in [0.5, 0.6) is 0 Å². The van der Waals surface area contributed by atoms with Crippen LogP contribution in [0.3, 0.4) is 0 Å². The molecule has 0 rings (SSSR count). The molecular weight excluding hydrogens is 296 g/mol. The average Bonchev–Trinajstić information content (AvgIpc) is 2.51. The van der Waals surface area contributed by atoms with E-state index >= 15 is 0 Å². The second kappa shape index (κ2) is 14.5. The number of hydrogen-bond donors (Lipinski definition) is 0. The van der Waals surface area contributed by atoms with E-state index in [0.717, 1.165) is 12.8 Å². The lowest BCUT2D eigenvalue weighted by molar-refractivity contribution is -0.152. The summed E-state index contributed by atoms with van der Waals surface area (Å²) in [6.07, 6.45) is 18.6. The lowest BCUT2D eigenvalue weighted by Gasteiger charge is -2.25. The molecule has 24 heavy (non-hydrogen) atoms. The number of esters is 1. The molecule has 0 fully saturated rings. The summed E-state index contributed by atoms with van der Waals surface area (Å²) in [7, 11) is 0. The van der Waals surface area contributed by atoms with Gasteiger partial charge in [-0.15, -0.1) is 0 Å². The fourth-order valence-electron chi connectivity index (χ4n) is 2.96. The van der Waals surface area contributed by atoms with Crippen molar-refractivity contribution in [3.63, 3.8) is 0 Å². The molecule has 0 unspecified atom stereocenters. The summed E-state index contributed by atoms with van der Waals surface area (Å²) in [6.45, 7) is 11.6. The minimum absolute atomic E-state index is 0.269. The van der Waals surface area contributed by atoms with Gasteiger partial charge in [0.05, 0.1) is 0 Å². The molecule has 0 radical (unpaired) electrons. The summed E-state index contributed by atoms with van der Waals surface area (Å²) in [4.78, 5) is 11.6. The van der Waals surface area contributed by atoms with E-state index < -0.39 is 0 Å². The summed E-state index contributed by atoms with van der Waals surface area (Å²) >= 11 is 0. The Hall–Kier alpha value is -0.790. The second-order valence-electron chi connectivity index (χ2n) is 7.92. The van der Waals surface area contributed by atoms with Crippen molar-refractivity contribution < 1.29 is 9.53 Å². The van der Waals surface area contributed by atoms with Gasteiger partial charge < -0.3 is 4.74 Å². The minimum atomic E-state index is -0.367. The van der Waals surface area contributed by atoms with Gasteiger partial charge in [-0.3, -0.25) is 0 Å². The predicted molar refractivity (Wildman–Crippen MR) is 105 cm³/mol. The van der Waals surface area contributed by atoms with Gasteiger partial charge in [0.15, 0.2) is 0 Å². The first-order valence-corrected chi connectivity index (χ1v) is 10.3. The Morgan fingerprint density at radius 2 is 1.17 bits per heavy atom. The molecule has 0 aliphatic carbocycles. The largest absolute Gasteiger partial charge is 0.456 e. The summed E-state index contributed by atoms with van der Waals surface area (Å²) in [5.74, 6) is -0.269. The van der Waals surface area contributed by atoms with Gasteiger partial charge in [-0.25, -0.2) is 4.79 Å². The lowest BCUT2D eigenvalue weighted by atomic mass is 9.99. The van der Waals surface area contributed by atoms with Gasteiger partial charge in [-0.1, -0.05) is 90.6 Å². The second-order valence-corrected chi connectivity index (χ2v) is 7.92. The van der Waals surface area contributed by atoms with Crippen LogP contribution in [0, 0.1) is 0 Å².